The fourth-order valence-electron chi connectivity index (χ4n) is 2.40. The van der Waals surface area contributed by atoms with E-state index in [1.54, 1.807) is 11.3 Å². The van der Waals surface area contributed by atoms with Crippen LogP contribution in [0.25, 0.3) is 0 Å². The monoisotopic (exact) mass is 244 g/mol. The van der Waals surface area contributed by atoms with Crippen molar-refractivity contribution in [3.63, 3.8) is 0 Å². The smallest absolute Gasteiger partial charge is 0.0794 e. The number of nitrogens with zero attached hydrogens (tertiary/aromatic N) is 1. The van der Waals surface area contributed by atoms with E-state index in [4.69, 9.17) is 0 Å². The number of benzene rings is 1. The number of hydrogen-bond donors (Lipinski definition) is 1. The number of aromatic nitrogens is 1. The van der Waals surface area contributed by atoms with Crippen LogP contribution in [0.3, 0.4) is 0 Å². The molecule has 0 saturated heterocycles. The predicted octanol–water partition coefficient (Wildman–Crippen LogP) is 3.13. The molecule has 2 atom stereocenters. The van der Waals surface area contributed by atoms with Gasteiger partial charge >= 0.3 is 0 Å². The maximum Gasteiger partial charge on any atom is 0.0794 e. The summed E-state index contributed by atoms with van der Waals surface area (Å²) in [5.41, 5.74) is 4.94. The molecule has 88 valence electrons. The van der Waals surface area contributed by atoms with Gasteiger partial charge in [0.05, 0.1) is 5.51 Å². The molecule has 0 fully saturated rings. The number of fused-ring (bicyclic) bond motifs is 1. The molecule has 0 saturated carbocycles. The largest absolute Gasteiger partial charge is 0.309 e. The molecule has 3 heteroatoms. The minimum absolute atomic E-state index is 0.412. The van der Waals surface area contributed by atoms with Gasteiger partial charge in [-0.05, 0) is 24.5 Å². The molecule has 17 heavy (non-hydrogen) atoms. The van der Waals surface area contributed by atoms with Crippen molar-refractivity contribution in [3.05, 3.63) is 52.0 Å². The number of nitrogens with one attached hydrogen (secondary N) is 1. The molecule has 0 bridgehead atoms. The third-order valence-corrected chi connectivity index (χ3v) is 4.47. The van der Waals surface area contributed by atoms with Crippen LogP contribution in [0.15, 0.2) is 36.0 Å². The molecule has 0 aliphatic heterocycles. The fourth-order valence-corrected chi connectivity index (χ4v) is 3.06. The first-order chi connectivity index (χ1) is 8.34. The van der Waals surface area contributed by atoms with Crippen LogP contribution in [-0.4, -0.2) is 11.5 Å². The Hall–Kier alpha value is -1.19. The van der Waals surface area contributed by atoms with E-state index in [1.807, 2.05) is 11.7 Å². The second kappa shape index (κ2) is 4.59. The van der Waals surface area contributed by atoms with Crippen molar-refractivity contribution in [2.45, 2.75) is 25.3 Å². The lowest BCUT2D eigenvalue weighted by atomic mass is 9.77. The van der Waals surface area contributed by atoms with E-state index in [0.717, 1.165) is 6.54 Å². The Kier molecular flexibility index (Phi) is 2.95. The van der Waals surface area contributed by atoms with Gasteiger partial charge in [0.2, 0.25) is 0 Å². The summed E-state index contributed by atoms with van der Waals surface area (Å²) in [7, 11) is 0. The van der Waals surface area contributed by atoms with Crippen molar-refractivity contribution < 1.29 is 0 Å². The van der Waals surface area contributed by atoms with Gasteiger partial charge in [0, 0.05) is 29.6 Å². The molecule has 2 aromatic rings. The van der Waals surface area contributed by atoms with Crippen LogP contribution in [-0.2, 0) is 6.42 Å². The summed E-state index contributed by atoms with van der Waals surface area (Å²) in [5.74, 6) is 0.696. The Morgan fingerprint density at radius 1 is 1.47 bits per heavy atom. The summed E-state index contributed by atoms with van der Waals surface area (Å²) < 4.78 is 0. The number of thiazole rings is 1. The minimum Gasteiger partial charge on any atom is -0.309 e. The lowest BCUT2D eigenvalue weighted by molar-refractivity contribution is 0.492. The van der Waals surface area contributed by atoms with Crippen LogP contribution >= 0.6 is 11.3 Å². The van der Waals surface area contributed by atoms with Crippen LogP contribution in [0.1, 0.15) is 34.9 Å². The first-order valence-corrected chi connectivity index (χ1v) is 6.92. The van der Waals surface area contributed by atoms with E-state index in [1.165, 1.54) is 22.4 Å². The van der Waals surface area contributed by atoms with E-state index in [9.17, 15) is 0 Å². The Labute approximate surface area is 106 Å². The zero-order valence-electron chi connectivity index (χ0n) is 9.89. The molecule has 0 spiro atoms. The SMILES string of the molecule is CC(NCC1Cc2ccccc21)c1cncs1. The molecular weight excluding hydrogens is 228 g/mol. The first kappa shape index (κ1) is 10.9. The molecule has 1 N–H and O–H groups in total. The van der Waals surface area contributed by atoms with Gasteiger partial charge in [0.15, 0.2) is 0 Å². The third kappa shape index (κ3) is 2.13. The maximum atomic E-state index is 4.12. The van der Waals surface area contributed by atoms with E-state index in [2.05, 4.69) is 41.5 Å². The van der Waals surface area contributed by atoms with Crippen LogP contribution < -0.4 is 5.32 Å². The molecule has 1 aliphatic carbocycles. The van der Waals surface area contributed by atoms with Crippen molar-refractivity contribution in [2.24, 2.45) is 0 Å². The molecule has 0 amide bonds. The topological polar surface area (TPSA) is 24.9 Å². The zero-order valence-corrected chi connectivity index (χ0v) is 10.7. The van der Waals surface area contributed by atoms with Gasteiger partial charge in [-0.3, -0.25) is 4.98 Å². The summed E-state index contributed by atoms with van der Waals surface area (Å²) in [4.78, 5) is 5.44. The summed E-state index contributed by atoms with van der Waals surface area (Å²) in [5, 5.41) is 3.60. The highest BCUT2D eigenvalue weighted by atomic mass is 32.1. The minimum atomic E-state index is 0.412. The maximum absolute atomic E-state index is 4.12. The van der Waals surface area contributed by atoms with Crippen molar-refractivity contribution in [3.8, 4) is 0 Å². The predicted molar refractivity (Wildman–Crippen MR) is 71.4 cm³/mol. The summed E-state index contributed by atoms with van der Waals surface area (Å²) in [6.07, 6.45) is 3.18. The second-order valence-electron chi connectivity index (χ2n) is 4.63. The number of hydrogen-bond acceptors (Lipinski definition) is 3. The van der Waals surface area contributed by atoms with Crippen molar-refractivity contribution >= 4 is 11.3 Å². The van der Waals surface area contributed by atoms with Gasteiger partial charge in [-0.15, -0.1) is 11.3 Å². The van der Waals surface area contributed by atoms with Crippen molar-refractivity contribution in [2.75, 3.05) is 6.54 Å². The standard InChI is InChI=1S/C14H16N2S/c1-10(14-8-15-9-17-14)16-7-12-6-11-4-2-3-5-13(11)12/h2-5,8-10,12,16H,6-7H2,1H3. The quantitative estimate of drug-likeness (QED) is 0.893. The van der Waals surface area contributed by atoms with Crippen molar-refractivity contribution in [1.82, 2.24) is 10.3 Å². The molecule has 3 rings (SSSR count). The third-order valence-electron chi connectivity index (χ3n) is 3.51. The average molecular weight is 244 g/mol. The van der Waals surface area contributed by atoms with Crippen LogP contribution in [0.4, 0.5) is 0 Å². The zero-order chi connectivity index (χ0) is 11.7. The Morgan fingerprint density at radius 3 is 3.12 bits per heavy atom. The Morgan fingerprint density at radius 2 is 2.35 bits per heavy atom. The van der Waals surface area contributed by atoms with Gasteiger partial charge in [-0.2, -0.15) is 0 Å². The van der Waals surface area contributed by atoms with Crippen LogP contribution in [0, 0.1) is 0 Å². The molecular formula is C14H16N2S. The number of rotatable bonds is 4. The normalized spacial score (nSPS) is 19.5. The average Bonchev–Trinajstić information content (AvgIpc) is 2.83. The molecule has 1 aliphatic rings. The van der Waals surface area contributed by atoms with Crippen molar-refractivity contribution in [1.29, 1.82) is 0 Å². The Bertz CT molecular complexity index is 493. The Balaban J connectivity index is 1.57. The van der Waals surface area contributed by atoms with Gasteiger partial charge in [-0.1, -0.05) is 24.3 Å². The van der Waals surface area contributed by atoms with Gasteiger partial charge in [0.25, 0.3) is 0 Å². The van der Waals surface area contributed by atoms with Crippen LogP contribution in [0.2, 0.25) is 0 Å². The highest BCUT2D eigenvalue weighted by Crippen LogP contribution is 2.34. The fraction of sp³-hybridized carbons (Fsp3) is 0.357. The summed E-state index contributed by atoms with van der Waals surface area (Å²) in [6, 6.07) is 9.16. The van der Waals surface area contributed by atoms with E-state index in [-0.39, 0.29) is 0 Å². The molecule has 1 aromatic heterocycles. The first-order valence-electron chi connectivity index (χ1n) is 6.04. The molecule has 2 unspecified atom stereocenters. The van der Waals surface area contributed by atoms with Gasteiger partial charge < -0.3 is 5.32 Å². The lowest BCUT2D eigenvalue weighted by Gasteiger charge is -2.31. The van der Waals surface area contributed by atoms with Crippen LogP contribution in [0.5, 0.6) is 0 Å². The summed E-state index contributed by atoms with van der Waals surface area (Å²) >= 11 is 1.72. The lowest BCUT2D eigenvalue weighted by Crippen LogP contribution is -2.30. The van der Waals surface area contributed by atoms with Gasteiger partial charge in [-0.25, -0.2) is 0 Å². The molecule has 0 radical (unpaired) electrons. The van der Waals surface area contributed by atoms with E-state index < -0.39 is 0 Å². The summed E-state index contributed by atoms with van der Waals surface area (Å²) in [6.45, 7) is 3.27. The second-order valence-corrected chi connectivity index (χ2v) is 5.55. The molecule has 1 aromatic carbocycles. The molecule has 2 nitrogen and oxygen atoms in total. The highest BCUT2D eigenvalue weighted by Gasteiger charge is 2.25. The van der Waals surface area contributed by atoms with Gasteiger partial charge in [0.1, 0.15) is 0 Å². The highest BCUT2D eigenvalue weighted by molar-refractivity contribution is 7.09. The van der Waals surface area contributed by atoms with E-state index >= 15 is 0 Å². The molecule has 1 heterocycles. The van der Waals surface area contributed by atoms with E-state index in [0.29, 0.717) is 12.0 Å².